The zero-order chi connectivity index (χ0) is 8.55. The van der Waals surface area contributed by atoms with E-state index in [0.717, 1.165) is 18.4 Å². The van der Waals surface area contributed by atoms with Gasteiger partial charge in [-0.1, -0.05) is 24.3 Å². The molecule has 0 spiro atoms. The molecule has 1 aliphatic rings. The second-order valence-electron chi connectivity index (χ2n) is 3.21. The maximum Gasteiger partial charge on any atom is 0.0847 e. The molecule has 1 nitrogen and oxygen atoms in total. The fraction of sp³-hybridized carbons (Fsp3) is 0.400. The van der Waals surface area contributed by atoms with Crippen LogP contribution in [0.15, 0.2) is 24.3 Å². The SMILES string of the molecule is O[C@@H]1CCc2ccccc2[C@H]1Cl. The van der Waals surface area contributed by atoms with Crippen molar-refractivity contribution in [3.63, 3.8) is 0 Å². The molecule has 0 bridgehead atoms. The van der Waals surface area contributed by atoms with Gasteiger partial charge in [0.2, 0.25) is 0 Å². The molecule has 2 heteroatoms. The van der Waals surface area contributed by atoms with Crippen molar-refractivity contribution < 1.29 is 5.11 Å². The highest BCUT2D eigenvalue weighted by Crippen LogP contribution is 2.34. The van der Waals surface area contributed by atoms with Crippen LogP contribution < -0.4 is 0 Å². The number of aliphatic hydroxyl groups is 1. The molecular weight excluding hydrogens is 172 g/mol. The van der Waals surface area contributed by atoms with E-state index < -0.39 is 0 Å². The summed E-state index contributed by atoms with van der Waals surface area (Å²) in [5.74, 6) is 0. The number of aliphatic hydroxyl groups excluding tert-OH is 1. The van der Waals surface area contributed by atoms with Gasteiger partial charge >= 0.3 is 0 Å². The second-order valence-corrected chi connectivity index (χ2v) is 3.68. The van der Waals surface area contributed by atoms with Crippen LogP contribution in [0.5, 0.6) is 0 Å². The van der Waals surface area contributed by atoms with Crippen molar-refractivity contribution in [3.05, 3.63) is 35.4 Å². The Bertz CT molecular complexity index is 285. The van der Waals surface area contributed by atoms with E-state index in [1.165, 1.54) is 5.56 Å². The largest absolute Gasteiger partial charge is 0.391 e. The predicted molar refractivity (Wildman–Crippen MR) is 49.4 cm³/mol. The van der Waals surface area contributed by atoms with Gasteiger partial charge in [0.25, 0.3) is 0 Å². The Hall–Kier alpha value is -0.530. The lowest BCUT2D eigenvalue weighted by molar-refractivity contribution is 0.153. The van der Waals surface area contributed by atoms with Crippen LogP contribution in [0.1, 0.15) is 22.9 Å². The van der Waals surface area contributed by atoms with Crippen LogP contribution in [0.25, 0.3) is 0 Å². The number of fused-ring (bicyclic) bond motifs is 1. The minimum absolute atomic E-state index is 0.213. The van der Waals surface area contributed by atoms with Crippen molar-refractivity contribution in [2.45, 2.75) is 24.3 Å². The summed E-state index contributed by atoms with van der Waals surface area (Å²) in [4.78, 5) is 0. The third-order valence-corrected chi connectivity index (χ3v) is 2.93. The topological polar surface area (TPSA) is 20.2 Å². The van der Waals surface area contributed by atoms with Crippen molar-refractivity contribution in [1.82, 2.24) is 0 Å². The van der Waals surface area contributed by atoms with E-state index in [0.29, 0.717) is 0 Å². The van der Waals surface area contributed by atoms with Crippen LogP contribution in [-0.2, 0) is 6.42 Å². The van der Waals surface area contributed by atoms with Gasteiger partial charge in [0, 0.05) is 0 Å². The smallest absolute Gasteiger partial charge is 0.0847 e. The molecule has 0 aliphatic heterocycles. The monoisotopic (exact) mass is 182 g/mol. The molecule has 64 valence electrons. The number of hydrogen-bond acceptors (Lipinski definition) is 1. The number of hydrogen-bond donors (Lipinski definition) is 1. The molecule has 0 radical (unpaired) electrons. The zero-order valence-electron chi connectivity index (χ0n) is 6.70. The van der Waals surface area contributed by atoms with Crippen LogP contribution in [-0.4, -0.2) is 11.2 Å². The molecule has 0 fully saturated rings. The molecule has 0 saturated carbocycles. The Morgan fingerprint density at radius 2 is 2.08 bits per heavy atom. The lowest BCUT2D eigenvalue weighted by Gasteiger charge is -2.25. The van der Waals surface area contributed by atoms with Gasteiger partial charge in [-0.2, -0.15) is 0 Å². The lowest BCUT2D eigenvalue weighted by atomic mass is 9.89. The van der Waals surface area contributed by atoms with Crippen molar-refractivity contribution in [3.8, 4) is 0 Å². The summed E-state index contributed by atoms with van der Waals surface area (Å²) in [6.45, 7) is 0. The molecule has 12 heavy (non-hydrogen) atoms. The minimum atomic E-state index is -0.374. The average molecular weight is 183 g/mol. The van der Waals surface area contributed by atoms with E-state index in [-0.39, 0.29) is 11.5 Å². The van der Waals surface area contributed by atoms with Gasteiger partial charge < -0.3 is 5.11 Å². The second kappa shape index (κ2) is 3.08. The molecule has 1 N–H and O–H groups in total. The molecule has 1 aromatic rings. The lowest BCUT2D eigenvalue weighted by Crippen LogP contribution is -2.21. The number of rotatable bonds is 0. The summed E-state index contributed by atoms with van der Waals surface area (Å²) >= 11 is 6.05. The fourth-order valence-corrected chi connectivity index (χ4v) is 2.03. The highest BCUT2D eigenvalue weighted by molar-refractivity contribution is 6.21. The van der Waals surface area contributed by atoms with Gasteiger partial charge in [-0.25, -0.2) is 0 Å². The summed E-state index contributed by atoms with van der Waals surface area (Å²) in [6, 6.07) is 8.05. The highest BCUT2D eigenvalue weighted by Gasteiger charge is 2.25. The summed E-state index contributed by atoms with van der Waals surface area (Å²) < 4.78 is 0. The van der Waals surface area contributed by atoms with Gasteiger partial charge in [-0.3, -0.25) is 0 Å². The molecule has 2 rings (SSSR count). The van der Waals surface area contributed by atoms with E-state index in [9.17, 15) is 5.11 Å². The number of halogens is 1. The third kappa shape index (κ3) is 1.23. The number of benzene rings is 1. The Labute approximate surface area is 77.0 Å². The standard InChI is InChI=1S/C10H11ClO/c11-10-8-4-2-1-3-7(8)5-6-9(10)12/h1-4,9-10,12H,5-6H2/t9-,10-/m1/s1. The van der Waals surface area contributed by atoms with Gasteiger partial charge in [-0.05, 0) is 24.0 Å². The molecule has 2 atom stereocenters. The van der Waals surface area contributed by atoms with Gasteiger partial charge in [0.1, 0.15) is 0 Å². The first-order chi connectivity index (χ1) is 5.79. The number of aryl methyl sites for hydroxylation is 1. The summed E-state index contributed by atoms with van der Waals surface area (Å²) in [6.07, 6.45) is 1.35. The molecular formula is C10H11ClO. The van der Waals surface area contributed by atoms with E-state index in [4.69, 9.17) is 11.6 Å². The summed E-state index contributed by atoms with van der Waals surface area (Å²) in [5.41, 5.74) is 2.38. The fourth-order valence-electron chi connectivity index (χ4n) is 1.69. The zero-order valence-corrected chi connectivity index (χ0v) is 7.46. The highest BCUT2D eigenvalue weighted by atomic mass is 35.5. The van der Waals surface area contributed by atoms with Crippen LogP contribution in [0, 0.1) is 0 Å². The van der Waals surface area contributed by atoms with E-state index in [1.807, 2.05) is 18.2 Å². The Morgan fingerprint density at radius 1 is 1.33 bits per heavy atom. The normalized spacial score (nSPS) is 28.2. The van der Waals surface area contributed by atoms with Crippen molar-refractivity contribution in [2.75, 3.05) is 0 Å². The maximum absolute atomic E-state index is 9.49. The molecule has 0 unspecified atom stereocenters. The van der Waals surface area contributed by atoms with Crippen molar-refractivity contribution >= 4 is 11.6 Å². The van der Waals surface area contributed by atoms with Gasteiger partial charge in [-0.15, -0.1) is 11.6 Å². The Morgan fingerprint density at radius 3 is 2.92 bits per heavy atom. The van der Waals surface area contributed by atoms with E-state index >= 15 is 0 Å². The molecule has 1 aromatic carbocycles. The van der Waals surface area contributed by atoms with Crippen LogP contribution in [0.2, 0.25) is 0 Å². The molecule has 0 aromatic heterocycles. The van der Waals surface area contributed by atoms with Crippen molar-refractivity contribution in [1.29, 1.82) is 0 Å². The molecule has 1 aliphatic carbocycles. The first-order valence-corrected chi connectivity index (χ1v) is 4.62. The van der Waals surface area contributed by atoms with Crippen LogP contribution in [0.4, 0.5) is 0 Å². The van der Waals surface area contributed by atoms with E-state index in [1.54, 1.807) is 0 Å². The van der Waals surface area contributed by atoms with E-state index in [2.05, 4.69) is 6.07 Å². The quantitative estimate of drug-likeness (QED) is 0.611. The Kier molecular flexibility index (Phi) is 2.07. The predicted octanol–water partition coefficient (Wildman–Crippen LogP) is 2.27. The molecule has 0 saturated heterocycles. The first kappa shape index (κ1) is 8.09. The first-order valence-electron chi connectivity index (χ1n) is 4.19. The summed E-state index contributed by atoms with van der Waals surface area (Å²) in [5, 5.41) is 9.28. The minimum Gasteiger partial charge on any atom is -0.391 e. The van der Waals surface area contributed by atoms with Gasteiger partial charge in [0.05, 0.1) is 11.5 Å². The van der Waals surface area contributed by atoms with Gasteiger partial charge in [0.15, 0.2) is 0 Å². The van der Waals surface area contributed by atoms with Crippen molar-refractivity contribution in [2.24, 2.45) is 0 Å². The maximum atomic E-state index is 9.49. The molecule has 0 heterocycles. The Balaban J connectivity index is 2.42. The summed E-state index contributed by atoms with van der Waals surface area (Å²) in [7, 11) is 0. The molecule has 0 amide bonds. The van der Waals surface area contributed by atoms with Crippen LogP contribution in [0.3, 0.4) is 0 Å². The number of alkyl halides is 1. The van der Waals surface area contributed by atoms with Crippen LogP contribution >= 0.6 is 11.6 Å². The third-order valence-electron chi connectivity index (χ3n) is 2.40. The average Bonchev–Trinajstić information content (AvgIpc) is 2.12.